The lowest BCUT2D eigenvalue weighted by atomic mass is 9.99. The lowest BCUT2D eigenvalue weighted by Gasteiger charge is -2.32. The largest absolute Gasteiger partial charge is 0.497 e. The maximum atomic E-state index is 13.9. The molecule has 3 aromatic rings. The normalized spacial score (nSPS) is 18.0. The maximum absolute atomic E-state index is 13.9. The number of hydrogen-bond acceptors (Lipinski definition) is 14. The van der Waals surface area contributed by atoms with Crippen molar-refractivity contribution in [2.45, 2.75) is 18.4 Å². The summed E-state index contributed by atoms with van der Waals surface area (Å²) in [4.78, 5) is 86.0. The van der Waals surface area contributed by atoms with Gasteiger partial charge >= 0.3 is 17.9 Å². The van der Waals surface area contributed by atoms with E-state index >= 15 is 0 Å². The molecule has 2 saturated heterocycles. The van der Waals surface area contributed by atoms with Crippen LogP contribution < -0.4 is 20.1 Å². The molecule has 0 spiro atoms. The number of pyridine rings is 1. The number of rotatable bonds is 17. The number of ether oxygens (including phenoxy) is 2. The summed E-state index contributed by atoms with van der Waals surface area (Å²) in [5.41, 5.74) is 1.82. The van der Waals surface area contributed by atoms with Gasteiger partial charge in [0.25, 0.3) is 11.8 Å². The molecular formula is C42H51F2N9O11. The van der Waals surface area contributed by atoms with Crippen molar-refractivity contribution in [3.8, 4) is 28.7 Å². The summed E-state index contributed by atoms with van der Waals surface area (Å²) in [6.07, 6.45) is 0.643. The van der Waals surface area contributed by atoms with Gasteiger partial charge in [0.1, 0.15) is 24.1 Å². The van der Waals surface area contributed by atoms with Gasteiger partial charge in [0.2, 0.25) is 11.8 Å². The number of likely N-dealkylation sites (tertiary alicyclic amines) is 1. The summed E-state index contributed by atoms with van der Waals surface area (Å²) in [7, 11) is 1.49. The van der Waals surface area contributed by atoms with Gasteiger partial charge in [0.15, 0.2) is 0 Å². The van der Waals surface area contributed by atoms with E-state index in [0.717, 1.165) is 4.90 Å². The minimum absolute atomic E-state index is 0.0178. The summed E-state index contributed by atoms with van der Waals surface area (Å²) in [6.45, 7) is -0.327. The Labute approximate surface area is 366 Å². The number of aromatic nitrogens is 1. The van der Waals surface area contributed by atoms with Crippen LogP contribution in [0, 0.1) is 11.3 Å². The number of hydrogen-bond donors (Lipinski definition) is 5. The zero-order valence-electron chi connectivity index (χ0n) is 35.2. The minimum Gasteiger partial charge on any atom is -0.497 e. The van der Waals surface area contributed by atoms with E-state index in [1.165, 1.54) is 19.4 Å². The maximum Gasteiger partial charge on any atom is 0.317 e. The van der Waals surface area contributed by atoms with E-state index in [4.69, 9.17) is 9.47 Å². The highest BCUT2D eigenvalue weighted by Crippen LogP contribution is 2.36. The number of halogens is 2. The third kappa shape index (κ3) is 14.2. The van der Waals surface area contributed by atoms with Crippen LogP contribution >= 0.6 is 0 Å². The van der Waals surface area contributed by atoms with E-state index in [0.29, 0.717) is 33.5 Å². The van der Waals surface area contributed by atoms with Crippen LogP contribution in [0.2, 0.25) is 0 Å². The molecule has 3 heterocycles. The molecule has 0 radical (unpaired) electrons. The standard InChI is InChI=1S/C42H51F2N9O11/c1-63-30-3-4-31(28-2-5-34-33(18-28)32(6-7-46-34)41(62)48-22-37(55)53-27-42(43,44)20-29(53)21-45)35(19-30)64-17-8-47-36(54)23-49-9-11-50(24-38(56)57)13-15-52(26-40(60)61)16-14-51(12-10-49)25-39(58)59/h2-7,18-19,29H,8-17,20,22-27H2,1H3,(H,47,54)(H,48,62)(H,56,57)(H,58,59)(H,60,61)/t29-/m0/s1. The first-order valence-corrected chi connectivity index (χ1v) is 20.4. The van der Waals surface area contributed by atoms with Crippen molar-refractivity contribution in [1.82, 2.24) is 40.1 Å². The lowest BCUT2D eigenvalue weighted by molar-refractivity contribution is -0.140. The molecule has 0 saturated carbocycles. The summed E-state index contributed by atoms with van der Waals surface area (Å²) in [5, 5.41) is 43.4. The smallest absolute Gasteiger partial charge is 0.317 e. The second kappa shape index (κ2) is 22.7. The number of fused-ring (bicyclic) bond motifs is 1. The average Bonchev–Trinajstić information content (AvgIpc) is 3.58. The van der Waals surface area contributed by atoms with Crippen molar-refractivity contribution in [3.63, 3.8) is 0 Å². The molecule has 2 fully saturated rings. The van der Waals surface area contributed by atoms with Crippen molar-refractivity contribution >= 4 is 46.5 Å². The Morgan fingerprint density at radius 3 is 1.94 bits per heavy atom. The number of aliphatic carboxylic acids is 3. The molecule has 0 unspecified atom stereocenters. The van der Waals surface area contributed by atoms with Gasteiger partial charge in [0, 0.05) is 82.0 Å². The molecule has 1 aromatic heterocycles. The van der Waals surface area contributed by atoms with Crippen LogP contribution in [0.4, 0.5) is 8.78 Å². The topological polar surface area (TPSA) is 259 Å². The molecule has 5 N–H and O–H groups in total. The first kappa shape index (κ1) is 48.5. The number of nitrogens with zero attached hydrogens (tertiary/aromatic N) is 7. The number of methoxy groups -OCH3 is 1. The Morgan fingerprint density at radius 1 is 0.812 bits per heavy atom. The quantitative estimate of drug-likeness (QED) is 0.115. The first-order chi connectivity index (χ1) is 30.5. The summed E-state index contributed by atoms with van der Waals surface area (Å²) in [5.74, 6) is -7.36. The Kier molecular flexibility index (Phi) is 17.2. The molecule has 1 atom stereocenters. The van der Waals surface area contributed by atoms with Crippen molar-refractivity contribution in [3.05, 3.63) is 54.2 Å². The number of carboxylic acid groups (broad SMARTS) is 3. The molecule has 3 amide bonds. The van der Waals surface area contributed by atoms with E-state index in [1.54, 1.807) is 62.1 Å². The SMILES string of the molecule is COc1ccc(-c2ccc3nccc(C(=O)NCC(=O)N4CC(F)(F)C[C@H]4C#N)c3c2)c(OCCNC(=O)CN2CCN(CC(=O)O)CCN(CC(=O)O)CCN(CC(=O)O)CC2)c1. The van der Waals surface area contributed by atoms with Gasteiger partial charge in [-0.3, -0.25) is 53.4 Å². The molecular weight excluding hydrogens is 845 g/mol. The fourth-order valence-corrected chi connectivity index (χ4v) is 7.44. The van der Waals surface area contributed by atoms with Gasteiger partial charge in [-0.05, 0) is 35.9 Å². The number of nitriles is 1. The van der Waals surface area contributed by atoms with Crippen LogP contribution in [0.1, 0.15) is 16.8 Å². The molecule has 0 aliphatic carbocycles. The minimum atomic E-state index is -3.20. The van der Waals surface area contributed by atoms with Crippen LogP contribution in [0.3, 0.4) is 0 Å². The summed E-state index contributed by atoms with van der Waals surface area (Å²) in [6, 6.07) is 12.2. The van der Waals surface area contributed by atoms with E-state index < -0.39 is 61.2 Å². The fourth-order valence-electron chi connectivity index (χ4n) is 7.44. The molecule has 0 bridgehead atoms. The van der Waals surface area contributed by atoms with Crippen LogP contribution in [0.25, 0.3) is 22.0 Å². The van der Waals surface area contributed by atoms with Gasteiger partial charge in [-0.25, -0.2) is 8.78 Å². The molecule has 20 nitrogen and oxygen atoms in total. The second-order valence-corrected chi connectivity index (χ2v) is 15.3. The number of alkyl halides is 2. The predicted molar refractivity (Wildman–Crippen MR) is 224 cm³/mol. The number of carbonyl (C=O) groups excluding carboxylic acids is 3. The van der Waals surface area contributed by atoms with Crippen molar-refractivity contribution in [1.29, 1.82) is 5.26 Å². The summed E-state index contributed by atoms with van der Waals surface area (Å²) >= 11 is 0. The zero-order chi connectivity index (χ0) is 46.4. The van der Waals surface area contributed by atoms with Gasteiger partial charge in [-0.2, -0.15) is 5.26 Å². The van der Waals surface area contributed by atoms with Crippen LogP contribution in [-0.4, -0.2) is 204 Å². The third-order valence-electron chi connectivity index (χ3n) is 10.7. The molecule has 5 rings (SSSR count). The van der Waals surface area contributed by atoms with Gasteiger partial charge in [-0.15, -0.1) is 0 Å². The summed E-state index contributed by atoms with van der Waals surface area (Å²) < 4.78 is 39.4. The fraction of sp³-hybridized carbons (Fsp3) is 0.476. The van der Waals surface area contributed by atoms with Gasteiger partial charge < -0.3 is 40.3 Å². The Bertz CT molecular complexity index is 2190. The monoisotopic (exact) mass is 895 g/mol. The first-order valence-electron chi connectivity index (χ1n) is 20.4. The van der Waals surface area contributed by atoms with E-state index in [2.05, 4.69) is 15.6 Å². The number of amides is 3. The molecule has 64 heavy (non-hydrogen) atoms. The number of benzene rings is 2. The Morgan fingerprint density at radius 2 is 1.39 bits per heavy atom. The highest BCUT2D eigenvalue weighted by Gasteiger charge is 2.47. The molecule has 22 heteroatoms. The van der Waals surface area contributed by atoms with Gasteiger partial charge in [-0.1, -0.05) is 6.07 Å². The lowest BCUT2D eigenvalue weighted by Crippen LogP contribution is -2.50. The highest BCUT2D eigenvalue weighted by atomic mass is 19.3. The van der Waals surface area contributed by atoms with Crippen LogP contribution in [0.15, 0.2) is 48.7 Å². The van der Waals surface area contributed by atoms with Gasteiger partial charge in [0.05, 0.1) is 70.1 Å². The number of carbonyl (C=O) groups is 6. The Hall–Kier alpha value is -6.54. The van der Waals surface area contributed by atoms with Crippen molar-refractivity contribution in [2.75, 3.05) is 112 Å². The third-order valence-corrected chi connectivity index (χ3v) is 10.7. The van der Waals surface area contributed by atoms with Crippen LogP contribution in [0.5, 0.6) is 11.5 Å². The zero-order valence-corrected chi connectivity index (χ0v) is 35.2. The van der Waals surface area contributed by atoms with Crippen molar-refractivity contribution < 1.29 is 62.3 Å². The van der Waals surface area contributed by atoms with E-state index in [1.807, 2.05) is 0 Å². The molecule has 344 valence electrons. The average molecular weight is 896 g/mol. The molecule has 2 aliphatic heterocycles. The highest BCUT2D eigenvalue weighted by molar-refractivity contribution is 6.07. The number of nitrogens with one attached hydrogen (secondary N) is 2. The number of carboxylic acids is 3. The van der Waals surface area contributed by atoms with Crippen LogP contribution in [-0.2, 0) is 24.0 Å². The second-order valence-electron chi connectivity index (χ2n) is 15.3. The van der Waals surface area contributed by atoms with E-state index in [9.17, 15) is 58.1 Å². The predicted octanol–water partition coefficient (Wildman–Crippen LogP) is 0.370. The molecule has 2 aliphatic rings. The Balaban J connectivity index is 1.23. The van der Waals surface area contributed by atoms with E-state index in [-0.39, 0.29) is 103 Å². The van der Waals surface area contributed by atoms with Crippen molar-refractivity contribution in [2.24, 2.45) is 0 Å². The molecule has 2 aromatic carbocycles.